The number of rotatable bonds is 5. The molecule has 0 saturated carbocycles. The lowest BCUT2D eigenvalue weighted by Gasteiger charge is -2.14. The first-order valence-corrected chi connectivity index (χ1v) is 9.05. The van der Waals surface area contributed by atoms with Gasteiger partial charge < -0.3 is 14.8 Å². The molecule has 7 heteroatoms. The molecule has 0 aliphatic heterocycles. The molecule has 0 spiro atoms. The van der Waals surface area contributed by atoms with Gasteiger partial charge in [-0.3, -0.25) is 10.1 Å². The lowest BCUT2D eigenvalue weighted by molar-refractivity contribution is 0.0691. The van der Waals surface area contributed by atoms with Gasteiger partial charge in [-0.2, -0.15) is 0 Å². The van der Waals surface area contributed by atoms with E-state index in [4.69, 9.17) is 9.84 Å². The molecule has 2 aromatic carbocycles. The molecule has 3 N–H and O–H groups in total. The third-order valence-corrected chi connectivity index (χ3v) is 5.00. The average Bonchev–Trinajstić information content (AvgIpc) is 3.26. The molecule has 1 aromatic heterocycles. The molecule has 146 valence electrons. The molecule has 0 radical (unpaired) electrons. The maximum atomic E-state index is 12.3. The number of benzene rings is 2. The number of aromatic amines is 1. The topological polar surface area (TPSA) is 108 Å². The Kier molecular flexibility index (Phi) is 4.64. The Morgan fingerprint density at radius 1 is 1.03 bits per heavy atom. The number of nitrogens with one attached hydrogen (secondary N) is 2. The lowest BCUT2D eigenvalue weighted by atomic mass is 9.98. The highest BCUT2D eigenvalue weighted by Gasteiger charge is 2.29. The number of H-pyrrole nitrogens is 1. The normalized spacial score (nSPS) is 12.2. The number of aromatic carboxylic acids is 1. The number of carbonyl (C=O) groups is 3. The second kappa shape index (κ2) is 7.27. The summed E-state index contributed by atoms with van der Waals surface area (Å²) in [5.41, 5.74) is 4.29. The highest BCUT2D eigenvalue weighted by Crippen LogP contribution is 2.44. The summed E-state index contributed by atoms with van der Waals surface area (Å²) < 4.78 is 5.42. The van der Waals surface area contributed by atoms with E-state index in [1.54, 1.807) is 0 Å². The Morgan fingerprint density at radius 3 is 2.17 bits per heavy atom. The molecule has 1 amide bonds. The molecule has 0 bridgehead atoms. The Bertz CT molecular complexity index is 1090. The van der Waals surface area contributed by atoms with E-state index in [1.807, 2.05) is 48.5 Å². The second-order valence-corrected chi connectivity index (χ2v) is 6.78. The fraction of sp³-hybridized carbons (Fsp3) is 0.136. The van der Waals surface area contributed by atoms with Crippen molar-refractivity contribution in [2.24, 2.45) is 0 Å². The molecule has 7 nitrogen and oxygen atoms in total. The zero-order valence-electron chi connectivity index (χ0n) is 15.6. The molecule has 0 saturated heterocycles. The summed E-state index contributed by atoms with van der Waals surface area (Å²) in [7, 11) is 0. The van der Waals surface area contributed by atoms with Crippen LogP contribution in [0, 0.1) is 0 Å². The number of carbonyl (C=O) groups excluding carboxylic acids is 2. The van der Waals surface area contributed by atoms with Crippen LogP contribution in [0.3, 0.4) is 0 Å². The maximum Gasteiger partial charge on any atom is 0.412 e. The predicted octanol–water partition coefficient (Wildman–Crippen LogP) is 4.28. The zero-order valence-corrected chi connectivity index (χ0v) is 15.6. The first kappa shape index (κ1) is 18.5. The standard InChI is InChI=1S/C22H18N2O5/c1-12(25)17-10-19(21(26)27)23-20(17)24-22(28)29-11-18-15-8-4-2-6-13(15)14-7-3-5-9-16(14)18/h2-10,18,23H,11H2,1H3,(H,24,28)(H,26,27). The van der Waals surface area contributed by atoms with E-state index in [2.05, 4.69) is 10.3 Å². The average molecular weight is 390 g/mol. The number of amides is 1. The number of ketones is 1. The van der Waals surface area contributed by atoms with Crippen LogP contribution in [0.25, 0.3) is 11.1 Å². The summed E-state index contributed by atoms with van der Waals surface area (Å²) in [5.74, 6) is -1.69. The summed E-state index contributed by atoms with van der Waals surface area (Å²) in [6, 6.07) is 17.1. The van der Waals surface area contributed by atoms with Gasteiger partial charge in [0.15, 0.2) is 5.78 Å². The number of carboxylic acid groups (broad SMARTS) is 1. The molecule has 0 unspecified atom stereocenters. The Morgan fingerprint density at radius 2 is 1.62 bits per heavy atom. The Labute approximate surface area is 166 Å². The van der Waals surface area contributed by atoms with Crippen molar-refractivity contribution in [3.63, 3.8) is 0 Å². The van der Waals surface area contributed by atoms with Gasteiger partial charge in [-0.15, -0.1) is 0 Å². The van der Waals surface area contributed by atoms with E-state index in [-0.39, 0.29) is 35.4 Å². The number of anilines is 1. The van der Waals surface area contributed by atoms with Crippen LogP contribution in [0.15, 0.2) is 54.6 Å². The van der Waals surface area contributed by atoms with Crippen molar-refractivity contribution >= 4 is 23.7 Å². The summed E-state index contributed by atoms with van der Waals surface area (Å²) in [4.78, 5) is 37.7. The minimum atomic E-state index is -1.23. The number of Topliss-reactive ketones (excluding diaryl/α,β-unsaturated/α-hetero) is 1. The molecule has 29 heavy (non-hydrogen) atoms. The van der Waals surface area contributed by atoms with Crippen molar-refractivity contribution < 1.29 is 24.2 Å². The maximum absolute atomic E-state index is 12.3. The predicted molar refractivity (Wildman–Crippen MR) is 106 cm³/mol. The number of aromatic nitrogens is 1. The number of carboxylic acids is 1. The molecule has 1 aliphatic rings. The van der Waals surface area contributed by atoms with Crippen molar-refractivity contribution in [3.05, 3.63) is 77.0 Å². The highest BCUT2D eigenvalue weighted by molar-refractivity contribution is 6.04. The fourth-order valence-electron chi connectivity index (χ4n) is 3.68. The summed E-state index contributed by atoms with van der Waals surface area (Å²) in [5, 5.41) is 11.5. The molecule has 1 aliphatic carbocycles. The van der Waals surface area contributed by atoms with Gasteiger partial charge in [-0.1, -0.05) is 48.5 Å². The van der Waals surface area contributed by atoms with Crippen LogP contribution >= 0.6 is 0 Å². The smallest absolute Gasteiger partial charge is 0.412 e. The second-order valence-electron chi connectivity index (χ2n) is 6.78. The fourth-order valence-corrected chi connectivity index (χ4v) is 3.68. The lowest BCUT2D eigenvalue weighted by Crippen LogP contribution is -2.19. The van der Waals surface area contributed by atoms with Crippen LogP contribution in [0.1, 0.15) is 44.8 Å². The van der Waals surface area contributed by atoms with Gasteiger partial charge >= 0.3 is 12.1 Å². The van der Waals surface area contributed by atoms with Crippen LogP contribution in [0.5, 0.6) is 0 Å². The van der Waals surface area contributed by atoms with Crippen molar-refractivity contribution in [2.45, 2.75) is 12.8 Å². The van der Waals surface area contributed by atoms with E-state index >= 15 is 0 Å². The van der Waals surface area contributed by atoms with Gasteiger partial charge in [0, 0.05) is 5.92 Å². The van der Waals surface area contributed by atoms with E-state index in [0.29, 0.717) is 0 Å². The van der Waals surface area contributed by atoms with Gasteiger partial charge in [0.2, 0.25) is 0 Å². The van der Waals surface area contributed by atoms with E-state index in [9.17, 15) is 14.4 Å². The first-order valence-electron chi connectivity index (χ1n) is 9.05. The van der Waals surface area contributed by atoms with Gasteiger partial charge in [-0.05, 0) is 35.2 Å². The summed E-state index contributed by atoms with van der Waals surface area (Å²) >= 11 is 0. The summed E-state index contributed by atoms with van der Waals surface area (Å²) in [6.07, 6.45) is -0.770. The van der Waals surface area contributed by atoms with Crippen molar-refractivity contribution in [1.29, 1.82) is 0 Å². The van der Waals surface area contributed by atoms with Crippen molar-refractivity contribution in [1.82, 2.24) is 4.98 Å². The largest absolute Gasteiger partial charge is 0.477 e. The number of fused-ring (bicyclic) bond motifs is 3. The third kappa shape index (κ3) is 3.38. The van der Waals surface area contributed by atoms with Crippen LogP contribution in [0.2, 0.25) is 0 Å². The SMILES string of the molecule is CC(=O)c1cc(C(=O)O)[nH]c1NC(=O)OCC1c2ccccc2-c2ccccc21. The minimum absolute atomic E-state index is 0.00659. The quantitative estimate of drug-likeness (QED) is 0.564. The number of hydrogen-bond donors (Lipinski definition) is 3. The minimum Gasteiger partial charge on any atom is -0.477 e. The van der Waals surface area contributed by atoms with Gasteiger partial charge in [0.1, 0.15) is 18.1 Å². The van der Waals surface area contributed by atoms with Crippen LogP contribution in [-0.2, 0) is 4.74 Å². The third-order valence-electron chi connectivity index (χ3n) is 5.00. The first-order chi connectivity index (χ1) is 14.0. The molecule has 0 atom stereocenters. The number of ether oxygens (including phenoxy) is 1. The molecule has 4 rings (SSSR count). The van der Waals surface area contributed by atoms with Crippen LogP contribution in [0.4, 0.5) is 10.6 Å². The Balaban J connectivity index is 1.51. The van der Waals surface area contributed by atoms with Crippen LogP contribution < -0.4 is 5.32 Å². The van der Waals surface area contributed by atoms with Crippen molar-refractivity contribution in [3.8, 4) is 11.1 Å². The van der Waals surface area contributed by atoms with Crippen LogP contribution in [-0.4, -0.2) is 34.5 Å². The highest BCUT2D eigenvalue weighted by atomic mass is 16.5. The zero-order chi connectivity index (χ0) is 20.5. The van der Waals surface area contributed by atoms with Gasteiger partial charge in [-0.25, -0.2) is 9.59 Å². The summed E-state index contributed by atoms with van der Waals surface area (Å²) in [6.45, 7) is 1.40. The molecular weight excluding hydrogens is 372 g/mol. The van der Waals surface area contributed by atoms with E-state index in [1.165, 1.54) is 13.0 Å². The molecule has 0 fully saturated rings. The van der Waals surface area contributed by atoms with Gasteiger partial charge in [0.25, 0.3) is 0 Å². The molecular formula is C22H18N2O5. The van der Waals surface area contributed by atoms with Gasteiger partial charge in [0.05, 0.1) is 5.56 Å². The van der Waals surface area contributed by atoms with Crippen molar-refractivity contribution in [2.75, 3.05) is 11.9 Å². The molecule has 3 aromatic rings. The molecule has 1 heterocycles. The monoisotopic (exact) mass is 390 g/mol. The Hall–Kier alpha value is -3.87. The number of hydrogen-bond acceptors (Lipinski definition) is 4. The van der Waals surface area contributed by atoms with E-state index < -0.39 is 12.1 Å². The van der Waals surface area contributed by atoms with E-state index in [0.717, 1.165) is 22.3 Å².